The van der Waals surface area contributed by atoms with Gasteiger partial charge >= 0.3 is 0 Å². The maximum absolute atomic E-state index is 5.88. The van der Waals surface area contributed by atoms with Gasteiger partial charge in [0.2, 0.25) is 5.88 Å². The number of anilines is 1. The highest BCUT2D eigenvalue weighted by Crippen LogP contribution is 2.10. The van der Waals surface area contributed by atoms with E-state index in [9.17, 15) is 0 Å². The number of nitrogens with two attached hydrogens (primary N) is 1. The van der Waals surface area contributed by atoms with Gasteiger partial charge in [0, 0.05) is 18.0 Å². The average Bonchev–Trinajstić information content (AvgIpc) is 2.54. The van der Waals surface area contributed by atoms with Crippen molar-refractivity contribution in [3.8, 4) is 5.88 Å². The second-order valence-corrected chi connectivity index (χ2v) is 5.05. The van der Waals surface area contributed by atoms with E-state index < -0.39 is 0 Å². The van der Waals surface area contributed by atoms with Crippen molar-refractivity contribution in [2.45, 2.75) is 26.8 Å². The fourth-order valence-corrected chi connectivity index (χ4v) is 1.80. The Kier molecular flexibility index (Phi) is 5.77. The second-order valence-electron chi connectivity index (χ2n) is 5.05. The topological polar surface area (TPSA) is 72.5 Å². The summed E-state index contributed by atoms with van der Waals surface area (Å²) in [4.78, 5) is 8.54. The first-order valence-electron chi connectivity index (χ1n) is 7.38. The van der Waals surface area contributed by atoms with Crippen LogP contribution in [0.15, 0.2) is 47.6 Å². The zero-order valence-corrected chi connectivity index (χ0v) is 13.0. The van der Waals surface area contributed by atoms with E-state index in [4.69, 9.17) is 10.5 Å². The Bertz CT molecular complexity index is 606. The van der Waals surface area contributed by atoms with Crippen LogP contribution in [-0.4, -0.2) is 17.6 Å². The van der Waals surface area contributed by atoms with Gasteiger partial charge < -0.3 is 15.8 Å². The number of aliphatic imine (C=N–C) groups is 1. The Balaban J connectivity index is 1.88. The lowest BCUT2D eigenvalue weighted by atomic mass is 10.2. The number of pyridine rings is 1. The molecule has 0 aliphatic carbocycles. The first-order chi connectivity index (χ1) is 10.7. The maximum atomic E-state index is 5.88. The molecule has 2 rings (SSSR count). The molecule has 0 bridgehead atoms. The first-order valence-corrected chi connectivity index (χ1v) is 7.38. The highest BCUT2D eigenvalue weighted by atomic mass is 16.5. The van der Waals surface area contributed by atoms with Crippen molar-refractivity contribution in [1.29, 1.82) is 0 Å². The number of benzene rings is 1. The maximum Gasteiger partial charge on any atom is 0.213 e. The van der Waals surface area contributed by atoms with Crippen molar-refractivity contribution in [2.75, 3.05) is 11.9 Å². The number of nitrogens with one attached hydrogen (secondary N) is 1. The molecule has 2 aromatic rings. The summed E-state index contributed by atoms with van der Waals surface area (Å²) in [5.41, 5.74) is 9.00. The molecule has 0 amide bonds. The molecular formula is C17H22N4O. The van der Waals surface area contributed by atoms with E-state index in [1.165, 1.54) is 5.56 Å². The summed E-state index contributed by atoms with van der Waals surface area (Å²) in [5.74, 6) is 1.02. The van der Waals surface area contributed by atoms with Crippen LogP contribution in [0.25, 0.3) is 0 Å². The van der Waals surface area contributed by atoms with Crippen molar-refractivity contribution >= 4 is 11.6 Å². The monoisotopic (exact) mass is 298 g/mol. The van der Waals surface area contributed by atoms with Crippen LogP contribution in [0.2, 0.25) is 0 Å². The van der Waals surface area contributed by atoms with Crippen molar-refractivity contribution in [1.82, 2.24) is 4.98 Å². The van der Waals surface area contributed by atoms with Crippen LogP contribution in [0, 0.1) is 6.92 Å². The molecule has 116 valence electrons. The minimum atomic E-state index is 0.384. The third-order valence-electron chi connectivity index (χ3n) is 3.01. The summed E-state index contributed by atoms with van der Waals surface area (Å²) in [5, 5.41) is 3.06. The molecular weight excluding hydrogens is 276 g/mol. The lowest BCUT2D eigenvalue weighted by Crippen LogP contribution is -2.22. The molecule has 0 aliphatic rings. The number of ether oxygens (including phenoxy) is 1. The summed E-state index contributed by atoms with van der Waals surface area (Å²) in [6, 6.07) is 11.8. The number of nitrogens with zero attached hydrogens (tertiary/aromatic N) is 2. The van der Waals surface area contributed by atoms with Gasteiger partial charge in [-0.2, -0.15) is 0 Å². The normalized spacial score (nSPS) is 11.3. The fourth-order valence-electron chi connectivity index (χ4n) is 1.80. The SMILES string of the molecule is CCCOc1ccc(CN=C(N)Nc2ccc(C)cc2)cn1. The van der Waals surface area contributed by atoms with Crippen LogP contribution in [0.3, 0.4) is 0 Å². The highest BCUT2D eigenvalue weighted by Gasteiger charge is 1.98. The Hall–Kier alpha value is -2.56. The molecule has 22 heavy (non-hydrogen) atoms. The van der Waals surface area contributed by atoms with Gasteiger partial charge in [0.25, 0.3) is 0 Å². The highest BCUT2D eigenvalue weighted by molar-refractivity contribution is 5.92. The van der Waals surface area contributed by atoms with Crippen LogP contribution >= 0.6 is 0 Å². The minimum Gasteiger partial charge on any atom is -0.478 e. The van der Waals surface area contributed by atoms with E-state index in [2.05, 4.69) is 22.2 Å². The zero-order chi connectivity index (χ0) is 15.8. The van der Waals surface area contributed by atoms with Gasteiger partial charge in [-0.25, -0.2) is 9.98 Å². The quantitative estimate of drug-likeness (QED) is 0.635. The largest absolute Gasteiger partial charge is 0.478 e. The van der Waals surface area contributed by atoms with E-state index in [1.54, 1.807) is 6.20 Å². The Morgan fingerprint density at radius 3 is 2.64 bits per heavy atom. The predicted molar refractivity (Wildman–Crippen MR) is 90.2 cm³/mol. The third-order valence-corrected chi connectivity index (χ3v) is 3.01. The smallest absolute Gasteiger partial charge is 0.213 e. The molecule has 0 saturated carbocycles. The number of hydrogen-bond donors (Lipinski definition) is 2. The van der Waals surface area contributed by atoms with Crippen LogP contribution in [-0.2, 0) is 6.54 Å². The van der Waals surface area contributed by atoms with Crippen molar-refractivity contribution in [2.24, 2.45) is 10.7 Å². The predicted octanol–water partition coefficient (Wildman–Crippen LogP) is 3.11. The van der Waals surface area contributed by atoms with E-state index in [0.29, 0.717) is 25.0 Å². The van der Waals surface area contributed by atoms with Crippen LogP contribution in [0.1, 0.15) is 24.5 Å². The summed E-state index contributed by atoms with van der Waals surface area (Å²) >= 11 is 0. The molecule has 1 aromatic carbocycles. The molecule has 0 fully saturated rings. The van der Waals surface area contributed by atoms with Crippen molar-refractivity contribution < 1.29 is 4.74 Å². The molecule has 1 aromatic heterocycles. The zero-order valence-electron chi connectivity index (χ0n) is 13.0. The molecule has 1 heterocycles. The summed E-state index contributed by atoms with van der Waals surface area (Å²) < 4.78 is 5.44. The molecule has 0 atom stereocenters. The number of guanidine groups is 1. The van der Waals surface area contributed by atoms with E-state index in [-0.39, 0.29) is 0 Å². The molecule has 0 radical (unpaired) electrons. The molecule has 5 nitrogen and oxygen atoms in total. The Morgan fingerprint density at radius 1 is 1.23 bits per heavy atom. The van der Waals surface area contributed by atoms with E-state index in [0.717, 1.165) is 17.7 Å². The molecule has 0 spiro atoms. The fraction of sp³-hybridized carbons (Fsp3) is 0.294. The number of aromatic nitrogens is 1. The van der Waals surface area contributed by atoms with E-state index >= 15 is 0 Å². The standard InChI is InChI=1S/C17H22N4O/c1-3-10-22-16-9-6-14(11-19-16)12-20-17(18)21-15-7-4-13(2)5-8-15/h4-9,11H,3,10,12H2,1-2H3,(H3,18,20,21). The van der Waals surface area contributed by atoms with Gasteiger partial charge in [-0.3, -0.25) is 0 Å². The minimum absolute atomic E-state index is 0.384. The Morgan fingerprint density at radius 2 is 2.00 bits per heavy atom. The van der Waals surface area contributed by atoms with Crippen molar-refractivity contribution in [3.63, 3.8) is 0 Å². The van der Waals surface area contributed by atoms with Gasteiger partial charge in [-0.05, 0) is 31.0 Å². The number of rotatable bonds is 6. The molecule has 0 saturated heterocycles. The van der Waals surface area contributed by atoms with Gasteiger partial charge in [0.1, 0.15) is 0 Å². The van der Waals surface area contributed by atoms with Crippen LogP contribution in [0.4, 0.5) is 5.69 Å². The molecule has 3 N–H and O–H groups in total. The van der Waals surface area contributed by atoms with Crippen LogP contribution in [0.5, 0.6) is 5.88 Å². The second kappa shape index (κ2) is 8.02. The van der Waals surface area contributed by atoms with E-state index in [1.807, 2.05) is 43.3 Å². The van der Waals surface area contributed by atoms with Crippen LogP contribution < -0.4 is 15.8 Å². The van der Waals surface area contributed by atoms with Crippen molar-refractivity contribution in [3.05, 3.63) is 53.7 Å². The Labute approximate surface area is 131 Å². The third kappa shape index (κ3) is 5.09. The molecule has 0 aliphatic heterocycles. The van der Waals surface area contributed by atoms with Gasteiger partial charge in [0.15, 0.2) is 5.96 Å². The first kappa shape index (κ1) is 15.8. The lowest BCUT2D eigenvalue weighted by Gasteiger charge is -2.06. The van der Waals surface area contributed by atoms with Gasteiger partial charge in [-0.1, -0.05) is 30.7 Å². The summed E-state index contributed by atoms with van der Waals surface area (Å²) in [6.45, 7) is 5.26. The summed E-state index contributed by atoms with van der Waals surface area (Å²) in [7, 11) is 0. The van der Waals surface area contributed by atoms with Gasteiger partial charge in [0.05, 0.1) is 13.2 Å². The molecule has 0 unspecified atom stereocenters. The summed E-state index contributed by atoms with van der Waals surface area (Å²) in [6.07, 6.45) is 2.72. The number of aryl methyl sites for hydroxylation is 1. The number of hydrogen-bond acceptors (Lipinski definition) is 3. The van der Waals surface area contributed by atoms with Gasteiger partial charge in [-0.15, -0.1) is 0 Å². The molecule has 5 heteroatoms. The lowest BCUT2D eigenvalue weighted by molar-refractivity contribution is 0.305. The average molecular weight is 298 g/mol.